The van der Waals surface area contributed by atoms with Crippen LogP contribution in [0.25, 0.3) is 0 Å². The summed E-state index contributed by atoms with van der Waals surface area (Å²) in [4.78, 5) is 24.4. The Kier molecular flexibility index (Phi) is 18.3. The molecule has 0 atom stereocenters. The molecule has 0 saturated heterocycles. The van der Waals surface area contributed by atoms with Crippen LogP contribution in [-0.2, 0) is 14.3 Å². The molecule has 1 aliphatic rings. The van der Waals surface area contributed by atoms with Crippen molar-refractivity contribution in [2.75, 3.05) is 6.61 Å². The highest BCUT2D eigenvalue weighted by molar-refractivity contribution is 6.03. The summed E-state index contributed by atoms with van der Waals surface area (Å²) in [6.07, 6.45) is 39.2. The molecule has 0 bridgehead atoms. The van der Waals surface area contributed by atoms with Crippen LogP contribution in [0.1, 0.15) is 98.3 Å². The summed E-state index contributed by atoms with van der Waals surface area (Å²) < 4.78 is 5.56. The van der Waals surface area contributed by atoms with Gasteiger partial charge in [-0.3, -0.25) is 9.59 Å². The number of carbonyl (C=O) groups is 2. The van der Waals surface area contributed by atoms with Crippen molar-refractivity contribution in [3.05, 3.63) is 96.2 Å². The summed E-state index contributed by atoms with van der Waals surface area (Å²) in [7, 11) is 0. The lowest BCUT2D eigenvalue weighted by molar-refractivity contribution is -0.142. The molecule has 0 saturated carbocycles. The van der Waals surface area contributed by atoms with Crippen LogP contribution in [0.3, 0.4) is 0 Å². The largest absolute Gasteiger partial charge is 0.461 e. The molecular formula is C35H50O3. The van der Waals surface area contributed by atoms with Crippen molar-refractivity contribution in [1.29, 1.82) is 0 Å². The molecule has 0 aromatic carbocycles. The van der Waals surface area contributed by atoms with E-state index < -0.39 is 0 Å². The molecule has 0 spiro atoms. The van der Waals surface area contributed by atoms with E-state index in [1.807, 2.05) is 19.1 Å². The first kappa shape index (κ1) is 33.1. The Morgan fingerprint density at radius 1 is 0.895 bits per heavy atom. The lowest BCUT2D eigenvalue weighted by atomic mass is 9.87. The van der Waals surface area contributed by atoms with E-state index in [4.69, 9.17) is 4.74 Å². The number of allylic oxidation sites excluding steroid dienone is 15. The van der Waals surface area contributed by atoms with Gasteiger partial charge in [0, 0.05) is 6.42 Å². The topological polar surface area (TPSA) is 43.4 Å². The van der Waals surface area contributed by atoms with Crippen molar-refractivity contribution in [3.63, 3.8) is 0 Å². The number of carbonyl (C=O) groups excluding carboxylic acids is 2. The predicted molar refractivity (Wildman–Crippen MR) is 163 cm³/mol. The number of esters is 1. The third-order valence-corrected chi connectivity index (χ3v) is 6.24. The maximum Gasteiger partial charge on any atom is 0.306 e. The summed E-state index contributed by atoms with van der Waals surface area (Å²) in [6, 6.07) is 0. The highest BCUT2D eigenvalue weighted by Crippen LogP contribution is 2.25. The molecule has 0 aromatic heterocycles. The van der Waals surface area contributed by atoms with Gasteiger partial charge >= 0.3 is 5.97 Å². The van der Waals surface area contributed by atoms with Crippen molar-refractivity contribution >= 4 is 11.8 Å². The van der Waals surface area contributed by atoms with E-state index in [1.165, 1.54) is 0 Å². The SMILES string of the molecule is CC/C=C\C/C=C\C/C=C\C/C=C\C/C=C\CCCC(=O)OC/C1=C\CC(C)(C)/C=C/C(=O)/C(C)=C/CC1. The maximum atomic E-state index is 12.2. The van der Waals surface area contributed by atoms with Gasteiger partial charge in [0.2, 0.25) is 0 Å². The second-order valence-corrected chi connectivity index (χ2v) is 10.4. The zero-order valence-electron chi connectivity index (χ0n) is 24.3. The van der Waals surface area contributed by atoms with Crippen LogP contribution in [0, 0.1) is 5.41 Å². The van der Waals surface area contributed by atoms with Crippen LogP contribution in [-0.4, -0.2) is 18.4 Å². The Morgan fingerprint density at radius 2 is 1.47 bits per heavy atom. The van der Waals surface area contributed by atoms with E-state index in [0.29, 0.717) is 13.0 Å². The van der Waals surface area contributed by atoms with E-state index >= 15 is 0 Å². The van der Waals surface area contributed by atoms with Crippen LogP contribution in [0.15, 0.2) is 96.2 Å². The van der Waals surface area contributed by atoms with Crippen molar-refractivity contribution in [3.8, 4) is 0 Å². The Bertz CT molecular complexity index is 932. The van der Waals surface area contributed by atoms with Gasteiger partial charge < -0.3 is 4.74 Å². The molecule has 0 fully saturated rings. The predicted octanol–water partition coefficient (Wildman–Crippen LogP) is 9.66. The molecule has 208 valence electrons. The lowest BCUT2D eigenvalue weighted by Crippen LogP contribution is -2.10. The lowest BCUT2D eigenvalue weighted by Gasteiger charge is -2.18. The fourth-order valence-electron chi connectivity index (χ4n) is 3.69. The second kappa shape index (κ2) is 21.0. The minimum Gasteiger partial charge on any atom is -0.461 e. The van der Waals surface area contributed by atoms with E-state index in [9.17, 15) is 9.59 Å². The zero-order chi connectivity index (χ0) is 27.9. The average Bonchev–Trinajstić information content (AvgIpc) is 2.91. The van der Waals surface area contributed by atoms with E-state index in [2.05, 4.69) is 87.6 Å². The highest BCUT2D eigenvalue weighted by Gasteiger charge is 2.15. The van der Waals surface area contributed by atoms with Gasteiger partial charge in [0.25, 0.3) is 0 Å². The molecule has 0 radical (unpaired) electrons. The van der Waals surface area contributed by atoms with Gasteiger partial charge in [-0.05, 0) is 93.8 Å². The Balaban J connectivity index is 2.22. The molecule has 1 rings (SSSR count). The van der Waals surface area contributed by atoms with Crippen LogP contribution < -0.4 is 0 Å². The molecule has 0 N–H and O–H groups in total. The molecule has 0 aromatic rings. The average molecular weight is 519 g/mol. The van der Waals surface area contributed by atoms with Gasteiger partial charge in [-0.15, -0.1) is 0 Å². The van der Waals surface area contributed by atoms with Crippen LogP contribution in [0.4, 0.5) is 0 Å². The fraction of sp³-hybridized carbons (Fsp3) is 0.486. The number of unbranched alkanes of at least 4 members (excludes halogenated alkanes) is 1. The van der Waals surface area contributed by atoms with E-state index in [1.54, 1.807) is 6.08 Å². The van der Waals surface area contributed by atoms with E-state index in [0.717, 1.165) is 75.4 Å². The molecule has 0 amide bonds. The monoisotopic (exact) mass is 518 g/mol. The molecule has 3 nitrogen and oxygen atoms in total. The van der Waals surface area contributed by atoms with E-state index in [-0.39, 0.29) is 17.2 Å². The zero-order valence-corrected chi connectivity index (χ0v) is 24.3. The van der Waals surface area contributed by atoms with Crippen molar-refractivity contribution in [2.45, 2.75) is 98.3 Å². The maximum absolute atomic E-state index is 12.2. The Labute approximate surface area is 232 Å². The smallest absolute Gasteiger partial charge is 0.306 e. The molecule has 38 heavy (non-hydrogen) atoms. The summed E-state index contributed by atoms with van der Waals surface area (Å²) >= 11 is 0. The van der Waals surface area contributed by atoms with Gasteiger partial charge in [-0.1, -0.05) is 99.8 Å². The first-order valence-corrected chi connectivity index (χ1v) is 14.3. The molecule has 3 heteroatoms. The molecular weight excluding hydrogens is 468 g/mol. The fourth-order valence-corrected chi connectivity index (χ4v) is 3.69. The standard InChI is InChI=1S/C35H50O3/c1-5-6-7-8-9-10-11-12-13-14-15-16-17-18-19-20-21-25-34(37)38-30-32-24-22-23-31(2)33(36)27-29-35(3,4)28-26-32/h6-7,9-10,12-13,15-16,18-19,23,26-27,29H,5,8,11,14,17,20-22,24-25,28,30H2,1-4H3/b7-6-,10-9-,13-12-,16-15-,19-18-,29-27+,31-23+,32-26-. The number of rotatable bonds is 15. The summed E-state index contributed by atoms with van der Waals surface area (Å²) in [5.74, 6) is -0.0749. The molecule has 0 aliphatic heterocycles. The second-order valence-electron chi connectivity index (χ2n) is 10.4. The van der Waals surface area contributed by atoms with Gasteiger partial charge in [0.05, 0.1) is 0 Å². The number of hydrogen-bond acceptors (Lipinski definition) is 3. The van der Waals surface area contributed by atoms with Crippen LogP contribution in [0.5, 0.6) is 0 Å². The van der Waals surface area contributed by atoms with Gasteiger partial charge in [-0.25, -0.2) is 0 Å². The number of hydrogen-bond donors (Lipinski definition) is 0. The summed E-state index contributed by atoms with van der Waals surface area (Å²) in [5.41, 5.74) is 1.78. The van der Waals surface area contributed by atoms with Crippen LogP contribution >= 0.6 is 0 Å². The molecule has 0 unspecified atom stereocenters. The number of ketones is 1. The van der Waals surface area contributed by atoms with Gasteiger partial charge in [0.1, 0.15) is 6.61 Å². The Hall–Kier alpha value is -2.94. The summed E-state index contributed by atoms with van der Waals surface area (Å²) in [5, 5.41) is 0. The number of ether oxygens (including phenoxy) is 1. The quantitative estimate of drug-likeness (QED) is 0.123. The first-order chi connectivity index (χ1) is 18.3. The van der Waals surface area contributed by atoms with Crippen LogP contribution in [0.2, 0.25) is 0 Å². The van der Waals surface area contributed by atoms with Crippen molar-refractivity contribution in [2.24, 2.45) is 5.41 Å². The van der Waals surface area contributed by atoms with Gasteiger partial charge in [0.15, 0.2) is 5.78 Å². The third kappa shape index (κ3) is 18.3. The minimum absolute atomic E-state index is 0.0699. The minimum atomic E-state index is -0.145. The summed E-state index contributed by atoms with van der Waals surface area (Å²) in [6.45, 7) is 8.57. The Morgan fingerprint density at radius 3 is 2.08 bits per heavy atom. The van der Waals surface area contributed by atoms with Crippen molar-refractivity contribution in [1.82, 2.24) is 0 Å². The first-order valence-electron chi connectivity index (χ1n) is 14.3. The highest BCUT2D eigenvalue weighted by atomic mass is 16.5. The van der Waals surface area contributed by atoms with Crippen molar-refractivity contribution < 1.29 is 14.3 Å². The van der Waals surface area contributed by atoms with Gasteiger partial charge in [-0.2, -0.15) is 0 Å². The molecule has 1 aliphatic carbocycles. The molecule has 0 heterocycles. The normalized spacial score (nSPS) is 20.7. The third-order valence-electron chi connectivity index (χ3n) is 6.24.